The molecule has 2 saturated carbocycles. The zero-order valence-corrected chi connectivity index (χ0v) is 13.5. The van der Waals surface area contributed by atoms with Gasteiger partial charge >= 0.3 is 0 Å². The summed E-state index contributed by atoms with van der Waals surface area (Å²) in [4.78, 5) is 1.15. The molecule has 112 valence electrons. The lowest BCUT2D eigenvalue weighted by Gasteiger charge is -2.33. The van der Waals surface area contributed by atoms with Crippen LogP contribution < -0.4 is 5.32 Å². The third-order valence-electron chi connectivity index (χ3n) is 4.24. The summed E-state index contributed by atoms with van der Waals surface area (Å²) < 4.78 is 27.0. The van der Waals surface area contributed by atoms with Gasteiger partial charge in [0.05, 0.1) is 0 Å². The fourth-order valence-corrected chi connectivity index (χ4v) is 5.36. The van der Waals surface area contributed by atoms with Crippen LogP contribution in [-0.2, 0) is 16.4 Å². The average molecular weight is 314 g/mol. The van der Waals surface area contributed by atoms with Crippen molar-refractivity contribution < 1.29 is 8.42 Å². The molecule has 0 amide bonds. The van der Waals surface area contributed by atoms with Crippen molar-refractivity contribution in [2.24, 2.45) is 0 Å². The van der Waals surface area contributed by atoms with Crippen LogP contribution in [0.5, 0.6) is 0 Å². The standard InChI is InChI=1S/C14H22N2O2S2/c1-16(12-3-2-4-12)20(17,18)14-8-7-13(19-14)9-10-15-11-5-6-11/h7-8,11-12,15H,2-6,9-10H2,1H3. The summed E-state index contributed by atoms with van der Waals surface area (Å²) in [6.07, 6.45) is 6.64. The van der Waals surface area contributed by atoms with E-state index in [9.17, 15) is 8.42 Å². The Morgan fingerprint density at radius 2 is 2.05 bits per heavy atom. The molecule has 1 N–H and O–H groups in total. The van der Waals surface area contributed by atoms with E-state index in [-0.39, 0.29) is 6.04 Å². The fraction of sp³-hybridized carbons (Fsp3) is 0.714. The van der Waals surface area contributed by atoms with Gasteiger partial charge in [0.2, 0.25) is 0 Å². The number of hydrogen-bond acceptors (Lipinski definition) is 4. The van der Waals surface area contributed by atoms with Crippen molar-refractivity contribution in [3.8, 4) is 0 Å². The lowest BCUT2D eigenvalue weighted by Crippen LogP contribution is -2.40. The molecule has 0 radical (unpaired) electrons. The molecule has 20 heavy (non-hydrogen) atoms. The first-order chi connectivity index (χ1) is 9.57. The fourth-order valence-electron chi connectivity index (χ4n) is 2.41. The SMILES string of the molecule is CN(C1CCC1)S(=O)(=O)c1ccc(CCNC2CC2)s1. The van der Waals surface area contributed by atoms with Gasteiger partial charge in [-0.2, -0.15) is 4.31 Å². The summed E-state index contributed by atoms with van der Waals surface area (Å²) in [5, 5.41) is 3.46. The van der Waals surface area contributed by atoms with Crippen molar-refractivity contribution in [1.29, 1.82) is 0 Å². The Labute approximate surface area is 125 Å². The molecule has 0 aliphatic heterocycles. The second-order valence-corrected chi connectivity index (χ2v) is 9.20. The predicted molar refractivity (Wildman–Crippen MR) is 81.6 cm³/mol. The van der Waals surface area contributed by atoms with Gasteiger partial charge in [-0.15, -0.1) is 11.3 Å². The third kappa shape index (κ3) is 3.08. The minimum absolute atomic E-state index is 0.210. The molecule has 1 heterocycles. The number of thiophene rings is 1. The molecule has 1 aromatic rings. The zero-order chi connectivity index (χ0) is 14.2. The Morgan fingerprint density at radius 1 is 1.30 bits per heavy atom. The Bertz CT molecular complexity index is 559. The average Bonchev–Trinajstić information content (AvgIpc) is 3.03. The number of rotatable bonds is 7. The summed E-state index contributed by atoms with van der Waals surface area (Å²) in [5.41, 5.74) is 0. The van der Waals surface area contributed by atoms with Crippen LogP contribution in [0.3, 0.4) is 0 Å². The maximum Gasteiger partial charge on any atom is 0.252 e. The van der Waals surface area contributed by atoms with Crippen LogP contribution in [0, 0.1) is 0 Å². The molecule has 6 heteroatoms. The maximum absolute atomic E-state index is 12.5. The molecule has 2 aliphatic rings. The first kappa shape index (κ1) is 14.5. The summed E-state index contributed by atoms with van der Waals surface area (Å²) in [5.74, 6) is 0. The van der Waals surface area contributed by atoms with E-state index in [2.05, 4.69) is 5.32 Å². The van der Waals surface area contributed by atoms with Crippen LogP contribution in [0.1, 0.15) is 37.0 Å². The van der Waals surface area contributed by atoms with Crippen molar-refractivity contribution in [1.82, 2.24) is 9.62 Å². The Balaban J connectivity index is 1.61. The van der Waals surface area contributed by atoms with E-state index in [1.807, 2.05) is 6.07 Å². The monoisotopic (exact) mass is 314 g/mol. The third-order valence-corrected chi connectivity index (χ3v) is 7.76. The molecule has 0 bridgehead atoms. The van der Waals surface area contributed by atoms with Crippen LogP contribution >= 0.6 is 11.3 Å². The molecular weight excluding hydrogens is 292 g/mol. The van der Waals surface area contributed by atoms with Gasteiger partial charge in [-0.3, -0.25) is 0 Å². The minimum Gasteiger partial charge on any atom is -0.314 e. The van der Waals surface area contributed by atoms with E-state index in [1.54, 1.807) is 17.4 Å². The van der Waals surface area contributed by atoms with E-state index in [4.69, 9.17) is 0 Å². The molecule has 0 saturated heterocycles. The smallest absolute Gasteiger partial charge is 0.252 e. The minimum atomic E-state index is -3.28. The van der Waals surface area contributed by atoms with E-state index in [0.29, 0.717) is 10.3 Å². The van der Waals surface area contributed by atoms with E-state index >= 15 is 0 Å². The maximum atomic E-state index is 12.5. The summed E-state index contributed by atoms with van der Waals surface area (Å²) >= 11 is 1.42. The highest BCUT2D eigenvalue weighted by Gasteiger charge is 2.32. The van der Waals surface area contributed by atoms with Crippen LogP contribution in [0.4, 0.5) is 0 Å². The van der Waals surface area contributed by atoms with Gasteiger partial charge in [-0.25, -0.2) is 8.42 Å². The Kier molecular flexibility index (Phi) is 4.17. The Morgan fingerprint density at radius 3 is 2.65 bits per heavy atom. The molecule has 1 aromatic heterocycles. The lowest BCUT2D eigenvalue weighted by molar-refractivity contribution is 0.250. The van der Waals surface area contributed by atoms with Gasteiger partial charge in [0, 0.05) is 30.6 Å². The topological polar surface area (TPSA) is 49.4 Å². The van der Waals surface area contributed by atoms with Crippen LogP contribution in [0.25, 0.3) is 0 Å². The first-order valence-electron chi connectivity index (χ1n) is 7.37. The van der Waals surface area contributed by atoms with Crippen LogP contribution in [0.2, 0.25) is 0 Å². The van der Waals surface area contributed by atoms with Crippen molar-refractivity contribution in [2.45, 2.75) is 54.8 Å². The van der Waals surface area contributed by atoms with Gasteiger partial charge in [0.15, 0.2) is 0 Å². The largest absolute Gasteiger partial charge is 0.314 e. The molecule has 0 spiro atoms. The molecule has 2 fully saturated rings. The van der Waals surface area contributed by atoms with E-state index in [0.717, 1.165) is 37.1 Å². The molecule has 0 unspecified atom stereocenters. The van der Waals surface area contributed by atoms with E-state index in [1.165, 1.54) is 24.2 Å². The molecule has 3 rings (SSSR count). The van der Waals surface area contributed by atoms with Crippen molar-refractivity contribution in [2.75, 3.05) is 13.6 Å². The molecule has 4 nitrogen and oxygen atoms in total. The van der Waals surface area contributed by atoms with Crippen LogP contribution in [-0.4, -0.2) is 38.4 Å². The number of nitrogens with one attached hydrogen (secondary N) is 1. The quantitative estimate of drug-likeness (QED) is 0.839. The van der Waals surface area contributed by atoms with Gasteiger partial charge < -0.3 is 5.32 Å². The van der Waals surface area contributed by atoms with Gasteiger partial charge in [0.1, 0.15) is 4.21 Å². The van der Waals surface area contributed by atoms with Crippen LogP contribution in [0.15, 0.2) is 16.3 Å². The second-order valence-electron chi connectivity index (χ2n) is 5.81. The predicted octanol–water partition coefficient (Wildman–Crippen LogP) is 2.22. The molecule has 0 aromatic carbocycles. The molecule has 0 atom stereocenters. The second kappa shape index (κ2) is 5.75. The Hall–Kier alpha value is -0.430. The molecular formula is C14H22N2O2S2. The highest BCUT2D eigenvalue weighted by atomic mass is 32.2. The highest BCUT2D eigenvalue weighted by Crippen LogP contribution is 2.31. The number of hydrogen-bond donors (Lipinski definition) is 1. The number of nitrogens with zero attached hydrogens (tertiary/aromatic N) is 1. The zero-order valence-electron chi connectivity index (χ0n) is 11.8. The van der Waals surface area contributed by atoms with Crippen molar-refractivity contribution in [3.63, 3.8) is 0 Å². The molecule has 2 aliphatic carbocycles. The summed E-state index contributed by atoms with van der Waals surface area (Å²) in [6, 6.07) is 4.65. The summed E-state index contributed by atoms with van der Waals surface area (Å²) in [6.45, 7) is 0.948. The first-order valence-corrected chi connectivity index (χ1v) is 9.63. The van der Waals surface area contributed by atoms with Gasteiger partial charge in [0.25, 0.3) is 10.0 Å². The number of sulfonamides is 1. The van der Waals surface area contributed by atoms with Crippen molar-refractivity contribution in [3.05, 3.63) is 17.0 Å². The highest BCUT2D eigenvalue weighted by molar-refractivity contribution is 7.91. The normalized spacial score (nSPS) is 20.3. The van der Waals surface area contributed by atoms with Gasteiger partial charge in [-0.1, -0.05) is 6.42 Å². The van der Waals surface area contributed by atoms with E-state index < -0.39 is 10.0 Å². The van der Waals surface area contributed by atoms with Gasteiger partial charge in [-0.05, 0) is 44.2 Å². The van der Waals surface area contributed by atoms with Crippen molar-refractivity contribution >= 4 is 21.4 Å². The lowest BCUT2D eigenvalue weighted by atomic mass is 9.94. The summed E-state index contributed by atoms with van der Waals surface area (Å²) in [7, 11) is -1.56.